The number of aromatic nitrogens is 1. The van der Waals surface area contributed by atoms with E-state index in [1.54, 1.807) is 0 Å². The number of nitrogens with one attached hydrogen (secondary N) is 1. The van der Waals surface area contributed by atoms with Gasteiger partial charge in [0.05, 0.1) is 5.52 Å². The van der Waals surface area contributed by atoms with Crippen molar-refractivity contribution in [1.29, 1.82) is 0 Å². The van der Waals surface area contributed by atoms with Gasteiger partial charge in [-0.3, -0.25) is 0 Å². The fourth-order valence-electron chi connectivity index (χ4n) is 2.14. The molecule has 0 radical (unpaired) electrons. The molecule has 0 spiro atoms. The number of rotatable bonds is 4. The zero-order valence-electron chi connectivity index (χ0n) is 17.0. The summed E-state index contributed by atoms with van der Waals surface area (Å²) in [7, 11) is 0. The molecule has 3 nitrogen and oxygen atoms in total. The molecule has 3 rings (SSSR count). The number of pyridine rings is 1. The molecule has 0 saturated carbocycles. The van der Waals surface area contributed by atoms with Gasteiger partial charge in [0.25, 0.3) is 0 Å². The second kappa shape index (κ2) is 18.4. The largest absolute Gasteiger partial charge is 0.384 e. The maximum Gasteiger partial charge on any atom is 0.124 e. The fourth-order valence-corrected chi connectivity index (χ4v) is 2.14. The molecule has 0 saturated heterocycles. The average Bonchev–Trinajstić information content (AvgIpc) is 2.72. The number of nitrogens with two attached hydrogens (primary N) is 1. The lowest BCUT2D eigenvalue weighted by Gasteiger charge is -2.00. The highest BCUT2D eigenvalue weighted by Crippen LogP contribution is 2.11. The number of anilines is 1. The molecule has 3 heteroatoms. The van der Waals surface area contributed by atoms with Gasteiger partial charge in [0.2, 0.25) is 0 Å². The number of nitrogens with zero attached hydrogens (tertiary/aromatic N) is 1. The molecule has 0 bridgehead atoms. The van der Waals surface area contributed by atoms with E-state index in [0.717, 1.165) is 30.4 Å². The number of likely N-dealkylation sites (N-methyl/N-ethyl adjacent to an activating group) is 1. The first-order valence-electron chi connectivity index (χ1n) is 9.65. The van der Waals surface area contributed by atoms with Gasteiger partial charge < -0.3 is 11.1 Å². The van der Waals surface area contributed by atoms with Crippen LogP contribution in [0.5, 0.6) is 0 Å². The lowest BCUT2D eigenvalue weighted by Crippen LogP contribution is -2.15. The number of benzene rings is 2. The van der Waals surface area contributed by atoms with Crippen LogP contribution < -0.4 is 11.1 Å². The summed E-state index contributed by atoms with van der Waals surface area (Å²) in [4.78, 5) is 4.15. The van der Waals surface area contributed by atoms with Crippen molar-refractivity contribution in [3.63, 3.8) is 0 Å². The standard InChI is InChI=1S/C10H15N.C9H8N2.2C2H6.CH4/c1-2-11-9-8-10-6-4-3-5-7-10;10-9-6-5-7-3-1-2-4-8(7)11-9;2*1-2;/h3-7,11H,2,8-9H2,1H3;1-6H,(H2,10,11);2*1-2H3;1H4. The van der Waals surface area contributed by atoms with Crippen LogP contribution >= 0.6 is 0 Å². The Kier molecular flexibility index (Phi) is 18.3. The van der Waals surface area contributed by atoms with Crippen molar-refractivity contribution < 1.29 is 0 Å². The number of fused-ring (bicyclic) bond motifs is 1. The van der Waals surface area contributed by atoms with Gasteiger partial charge in [0.1, 0.15) is 5.82 Å². The molecule has 27 heavy (non-hydrogen) atoms. The van der Waals surface area contributed by atoms with Gasteiger partial charge in [-0.15, -0.1) is 0 Å². The van der Waals surface area contributed by atoms with Crippen molar-refractivity contribution in [2.75, 3.05) is 18.8 Å². The summed E-state index contributed by atoms with van der Waals surface area (Å²) in [5.74, 6) is 0.573. The molecule has 0 atom stereocenters. The minimum absolute atomic E-state index is 0. The van der Waals surface area contributed by atoms with Gasteiger partial charge in [0.15, 0.2) is 0 Å². The maximum absolute atomic E-state index is 5.51. The first-order valence-corrected chi connectivity index (χ1v) is 9.65. The highest BCUT2D eigenvalue weighted by molar-refractivity contribution is 5.79. The minimum Gasteiger partial charge on any atom is -0.384 e. The highest BCUT2D eigenvalue weighted by atomic mass is 14.8. The summed E-state index contributed by atoms with van der Waals surface area (Å²) in [6.45, 7) is 12.3. The summed E-state index contributed by atoms with van der Waals surface area (Å²) in [5, 5.41) is 4.42. The SMILES string of the molecule is C.CC.CC.CCNCCc1ccccc1.Nc1ccc2ccccc2n1. The van der Waals surface area contributed by atoms with Crippen LogP contribution in [0.25, 0.3) is 10.9 Å². The molecule has 0 aliphatic rings. The van der Waals surface area contributed by atoms with Gasteiger partial charge >= 0.3 is 0 Å². The Morgan fingerprint density at radius 3 is 2.04 bits per heavy atom. The van der Waals surface area contributed by atoms with E-state index < -0.39 is 0 Å². The Balaban J connectivity index is 0. The monoisotopic (exact) mass is 369 g/mol. The van der Waals surface area contributed by atoms with Crippen molar-refractivity contribution in [1.82, 2.24) is 10.3 Å². The molecule has 0 aliphatic carbocycles. The molecule has 0 unspecified atom stereocenters. The zero-order valence-corrected chi connectivity index (χ0v) is 17.0. The van der Waals surface area contributed by atoms with E-state index >= 15 is 0 Å². The number of hydrogen-bond donors (Lipinski definition) is 2. The average molecular weight is 370 g/mol. The molecule has 1 heterocycles. The number of hydrogen-bond acceptors (Lipinski definition) is 3. The van der Waals surface area contributed by atoms with Crippen molar-refractivity contribution >= 4 is 16.7 Å². The van der Waals surface area contributed by atoms with Crippen molar-refractivity contribution in [2.45, 2.75) is 48.5 Å². The second-order valence-electron chi connectivity index (χ2n) is 5.02. The Hall–Kier alpha value is -2.39. The van der Waals surface area contributed by atoms with E-state index in [0.29, 0.717) is 5.82 Å². The molecular formula is C24H39N3. The van der Waals surface area contributed by atoms with Crippen molar-refractivity contribution in [3.8, 4) is 0 Å². The van der Waals surface area contributed by atoms with E-state index in [-0.39, 0.29) is 7.43 Å². The zero-order chi connectivity index (χ0) is 19.6. The van der Waals surface area contributed by atoms with E-state index in [2.05, 4.69) is 47.6 Å². The molecule has 0 amide bonds. The second-order valence-corrected chi connectivity index (χ2v) is 5.02. The summed E-state index contributed by atoms with van der Waals surface area (Å²) in [6.07, 6.45) is 1.13. The van der Waals surface area contributed by atoms with Crippen LogP contribution in [-0.4, -0.2) is 18.1 Å². The molecule has 1 aromatic heterocycles. The lowest BCUT2D eigenvalue weighted by molar-refractivity contribution is 0.716. The van der Waals surface area contributed by atoms with Crippen LogP contribution in [0, 0.1) is 0 Å². The van der Waals surface area contributed by atoms with Gasteiger partial charge in [-0.25, -0.2) is 4.98 Å². The van der Waals surface area contributed by atoms with Crippen molar-refractivity contribution in [3.05, 3.63) is 72.3 Å². The predicted molar refractivity (Wildman–Crippen MR) is 124 cm³/mol. The maximum atomic E-state index is 5.51. The highest BCUT2D eigenvalue weighted by Gasteiger charge is 1.91. The van der Waals surface area contributed by atoms with Gasteiger partial charge in [-0.05, 0) is 43.3 Å². The molecule has 3 N–H and O–H groups in total. The smallest absolute Gasteiger partial charge is 0.124 e. The van der Waals surface area contributed by atoms with Crippen LogP contribution in [0.4, 0.5) is 5.82 Å². The van der Waals surface area contributed by atoms with Crippen LogP contribution in [0.1, 0.15) is 47.6 Å². The molecule has 0 fully saturated rings. The third-order valence-corrected chi connectivity index (χ3v) is 3.30. The summed E-state index contributed by atoms with van der Waals surface area (Å²) >= 11 is 0. The fraction of sp³-hybridized carbons (Fsp3) is 0.375. The minimum atomic E-state index is 0. The third kappa shape index (κ3) is 11.8. The lowest BCUT2D eigenvalue weighted by atomic mass is 10.1. The Bertz CT molecular complexity index is 681. The normalized spacial score (nSPS) is 8.63. The van der Waals surface area contributed by atoms with Crippen LogP contribution in [-0.2, 0) is 6.42 Å². The van der Waals surface area contributed by atoms with E-state index in [4.69, 9.17) is 5.73 Å². The predicted octanol–water partition coefficient (Wildman–Crippen LogP) is 6.34. The molecular weight excluding hydrogens is 330 g/mol. The van der Waals surface area contributed by atoms with Gasteiger partial charge in [-0.2, -0.15) is 0 Å². The first-order chi connectivity index (χ1) is 12.8. The van der Waals surface area contributed by atoms with Crippen LogP contribution in [0.15, 0.2) is 66.7 Å². The topological polar surface area (TPSA) is 50.9 Å². The summed E-state index contributed by atoms with van der Waals surface area (Å²) in [6, 6.07) is 22.2. The van der Waals surface area contributed by atoms with Crippen LogP contribution in [0.2, 0.25) is 0 Å². The Labute approximate surface area is 167 Å². The third-order valence-electron chi connectivity index (χ3n) is 3.30. The molecule has 2 aromatic carbocycles. The molecule has 3 aromatic rings. The van der Waals surface area contributed by atoms with Crippen LogP contribution in [0.3, 0.4) is 0 Å². The van der Waals surface area contributed by atoms with Crippen molar-refractivity contribution in [2.24, 2.45) is 0 Å². The summed E-state index contributed by atoms with van der Waals surface area (Å²) < 4.78 is 0. The van der Waals surface area contributed by atoms with Gasteiger partial charge in [-0.1, -0.05) is 90.6 Å². The van der Waals surface area contributed by atoms with E-state index in [9.17, 15) is 0 Å². The molecule has 0 aliphatic heterocycles. The number of nitrogen functional groups attached to an aromatic ring is 1. The molecule has 150 valence electrons. The van der Waals surface area contributed by atoms with Gasteiger partial charge in [0, 0.05) is 5.39 Å². The van der Waals surface area contributed by atoms with E-state index in [1.165, 1.54) is 5.56 Å². The number of para-hydroxylation sites is 1. The summed E-state index contributed by atoms with van der Waals surface area (Å²) in [5.41, 5.74) is 7.87. The quantitative estimate of drug-likeness (QED) is 0.527. The Morgan fingerprint density at radius 2 is 1.41 bits per heavy atom. The van der Waals surface area contributed by atoms with E-state index in [1.807, 2.05) is 64.1 Å². The first kappa shape index (κ1) is 26.8. The Morgan fingerprint density at radius 1 is 0.815 bits per heavy atom.